The van der Waals surface area contributed by atoms with Gasteiger partial charge in [0.1, 0.15) is 0 Å². The van der Waals surface area contributed by atoms with E-state index in [1.54, 1.807) is 0 Å². The molecule has 0 bridgehead atoms. The van der Waals surface area contributed by atoms with E-state index in [9.17, 15) is 105 Å². The first kappa shape index (κ1) is 57.7. The second-order valence-corrected chi connectivity index (χ2v) is 10.5. The second-order valence-electron chi connectivity index (χ2n) is 7.26. The third-order valence-corrected chi connectivity index (χ3v) is 7.09. The fourth-order valence-electron chi connectivity index (χ4n) is 0.833. The summed E-state index contributed by atoms with van der Waals surface area (Å²) >= 11 is -0.488. The van der Waals surface area contributed by atoms with Gasteiger partial charge in [0, 0.05) is 14.6 Å². The van der Waals surface area contributed by atoms with Crippen LogP contribution in [0.5, 0.6) is 0 Å². The van der Waals surface area contributed by atoms with Crippen molar-refractivity contribution in [1.29, 1.82) is 0 Å². The molecule has 35 heteroatoms. The molecule has 0 aromatic heterocycles. The summed E-state index contributed by atoms with van der Waals surface area (Å²) in [5.41, 5.74) is 0. The smallest absolute Gasteiger partial charge is 0.0280 e. The van der Waals surface area contributed by atoms with Crippen molar-refractivity contribution in [3.63, 3.8) is 0 Å². The second kappa shape index (κ2) is 21.7. The Morgan fingerprint density at radius 2 is 0.383 bits per heavy atom. The molecule has 0 rings (SSSR count). The van der Waals surface area contributed by atoms with Gasteiger partial charge in [-0.1, -0.05) is 0 Å². The molecule has 0 atom stereocenters. The van der Waals surface area contributed by atoms with Gasteiger partial charge in [-0.25, -0.2) is 0 Å². The third-order valence-electron chi connectivity index (χ3n) is 3.38. The molecule has 0 N–H and O–H groups in total. The van der Waals surface area contributed by atoms with Gasteiger partial charge in [-0.2, -0.15) is 0 Å². The van der Waals surface area contributed by atoms with Crippen molar-refractivity contribution in [2.75, 3.05) is 0 Å². The predicted molar refractivity (Wildman–Crippen MR) is 99.0 cm³/mol. The van der Waals surface area contributed by atoms with E-state index in [1.165, 1.54) is 0 Å². The van der Waals surface area contributed by atoms with Crippen molar-refractivity contribution in [2.45, 2.75) is 65.6 Å². The Morgan fingerprint density at radius 3 is 0.383 bits per heavy atom. The summed E-state index contributed by atoms with van der Waals surface area (Å²) in [6.45, 7) is 0. The SMILES string of the molecule is FC(F)(F)[CH]([Mg+])C(F)(F)F.FC(F)(F)[CH]([Mg+])C(F)(F)F.FC(F)(F)[CH]([Mg+])C(F)(F)F.FC(F)(F)[CH]([Mg+])C(F)(F)F.[O-]B([O-])OB([O-])[O-]. The van der Waals surface area contributed by atoms with Crippen molar-refractivity contribution >= 4 is 101 Å². The first-order valence-electron chi connectivity index (χ1n) is 9.89. The molecule has 47 heavy (non-hydrogen) atoms. The molecule has 0 amide bonds. The van der Waals surface area contributed by atoms with E-state index in [1.807, 2.05) is 0 Å². The van der Waals surface area contributed by atoms with E-state index in [-0.39, 0.29) is 86.8 Å². The maximum Gasteiger partial charge on any atom is 0.0280 e. The molecule has 0 aliphatic carbocycles. The minimum atomic E-state index is -5.17. The molecule has 0 heterocycles. The monoisotopic (exact) mass is 802 g/mol. The van der Waals surface area contributed by atoms with Crippen LogP contribution in [-0.2, 0) is 4.57 Å². The number of hydrogen-bond donors (Lipinski definition) is 0. The molecule has 0 aliphatic heterocycles. The largest absolute Gasteiger partial charge is 0.872 e. The fourth-order valence-corrected chi connectivity index (χ4v) is 0.833. The van der Waals surface area contributed by atoms with Crippen molar-refractivity contribution in [3.05, 3.63) is 0 Å². The van der Waals surface area contributed by atoms with Gasteiger partial charge < -0.3 is 24.7 Å². The van der Waals surface area contributed by atoms with Gasteiger partial charge in [0.2, 0.25) is 0 Å². The van der Waals surface area contributed by atoms with Crippen LogP contribution in [0.3, 0.4) is 0 Å². The molecule has 0 aromatic carbocycles. The van der Waals surface area contributed by atoms with Gasteiger partial charge in [-0.3, -0.25) is 0 Å². The number of rotatable bonds is 2. The van der Waals surface area contributed by atoms with Gasteiger partial charge in [0.15, 0.2) is 0 Å². The van der Waals surface area contributed by atoms with E-state index >= 15 is 0 Å². The van der Waals surface area contributed by atoms with Gasteiger partial charge in [0.25, 0.3) is 0 Å². The summed E-state index contributed by atoms with van der Waals surface area (Å²) in [5, 5.41) is 36.6. The molecule has 0 saturated carbocycles. The van der Waals surface area contributed by atoms with E-state index in [2.05, 4.69) is 4.57 Å². The third kappa shape index (κ3) is 34.2. The molecule has 0 spiro atoms. The summed E-state index contributed by atoms with van der Waals surface area (Å²) < 4.78 is 260. The average molecular weight is 803 g/mol. The van der Waals surface area contributed by atoms with Crippen LogP contribution in [0.25, 0.3) is 0 Å². The Hall–Kier alpha value is 1.31. The average Bonchev–Trinajstić information content (AvgIpc) is 2.73. The molecule has 0 aliphatic rings. The summed E-state index contributed by atoms with van der Waals surface area (Å²) in [4.78, 5) is 0. The Labute approximate surface area is 295 Å². The zero-order valence-corrected chi connectivity index (χ0v) is 27.1. The van der Waals surface area contributed by atoms with E-state index in [0.717, 1.165) is 0 Å². The molecule has 0 aromatic rings. The Balaban J connectivity index is -0.000000157. The Bertz CT molecular complexity index is 637. The quantitative estimate of drug-likeness (QED) is 0.316. The molecular weight excluding hydrogens is 799 g/mol. The molecule has 5 nitrogen and oxygen atoms in total. The predicted octanol–water partition coefficient (Wildman–Crippen LogP) is 2.69. The van der Waals surface area contributed by atoms with Crippen molar-refractivity contribution in [3.8, 4) is 0 Å². The Kier molecular flexibility index (Phi) is 26.7. The first-order chi connectivity index (χ1) is 19.7. The zero-order valence-electron chi connectivity index (χ0n) is 21.4. The standard InChI is InChI=1S/4C3HF6.B2O5.4Mg/c4*4-2(5,6)1-3(7,8)9;3-1(4)7-2(5)6;;;;/h4*1H;;;;;/q;;;;-4;4*+1. The van der Waals surface area contributed by atoms with Crippen molar-refractivity contribution in [2.24, 2.45) is 0 Å². The van der Waals surface area contributed by atoms with Gasteiger partial charge in [-0.05, 0) is 0 Å². The van der Waals surface area contributed by atoms with E-state index < -0.39 is 80.2 Å². The van der Waals surface area contributed by atoms with Crippen LogP contribution in [-0.4, -0.2) is 151 Å². The van der Waals surface area contributed by atoms with Crippen LogP contribution in [0.1, 0.15) is 0 Å². The van der Waals surface area contributed by atoms with E-state index in [0.29, 0.717) is 0 Å². The van der Waals surface area contributed by atoms with E-state index in [4.69, 9.17) is 20.1 Å². The molecule has 0 fully saturated rings. The molecule has 0 radical (unpaired) electrons. The zero-order chi connectivity index (χ0) is 40.2. The number of halogens is 24. The van der Waals surface area contributed by atoms with Gasteiger partial charge in [-0.15, -0.1) is 0 Å². The first-order valence-corrected chi connectivity index (χ1v) is 13.2. The number of alkyl halides is 24. The molecular formula is C12H4B2F24Mg4O5. The fraction of sp³-hybridized carbons (Fsp3) is 1.00. The summed E-state index contributed by atoms with van der Waals surface area (Å²) in [7, 11) is -5.50. The van der Waals surface area contributed by atoms with Gasteiger partial charge >= 0.3 is 258 Å². The van der Waals surface area contributed by atoms with Crippen LogP contribution < -0.4 is 20.1 Å². The molecule has 0 saturated heterocycles. The molecule has 0 unspecified atom stereocenters. The normalized spacial score (nSPS) is 13.6. The van der Waals surface area contributed by atoms with Crippen LogP contribution >= 0.6 is 0 Å². The Morgan fingerprint density at radius 1 is 0.298 bits per heavy atom. The maximum atomic E-state index is 11.2. The van der Waals surface area contributed by atoms with Crippen LogP contribution in [0.15, 0.2) is 0 Å². The maximum absolute atomic E-state index is 11.2. The van der Waals surface area contributed by atoms with Crippen molar-refractivity contribution in [1.82, 2.24) is 0 Å². The van der Waals surface area contributed by atoms with Gasteiger partial charge in [0.05, 0.1) is 0 Å². The summed E-state index contributed by atoms with van der Waals surface area (Å²) in [6.07, 6.45) is -41.4. The minimum Gasteiger partial charge on any atom is -0.872 e. The summed E-state index contributed by atoms with van der Waals surface area (Å²) in [5.74, 6) is 0. The minimum absolute atomic E-state index is 0.122. The number of hydrogen-bond acceptors (Lipinski definition) is 5. The summed E-state index contributed by atoms with van der Waals surface area (Å²) in [6, 6.07) is 0. The van der Waals surface area contributed by atoms with Crippen LogP contribution in [0.4, 0.5) is 105 Å². The molecule has 264 valence electrons. The van der Waals surface area contributed by atoms with Crippen LogP contribution in [0.2, 0.25) is 16.2 Å². The topological polar surface area (TPSA) is 101 Å². The van der Waals surface area contributed by atoms with Crippen molar-refractivity contribution < 1.29 is 130 Å². The van der Waals surface area contributed by atoms with Crippen LogP contribution in [0, 0.1) is 0 Å².